The van der Waals surface area contributed by atoms with Crippen LogP contribution in [0.2, 0.25) is 0 Å². The molecule has 0 unspecified atom stereocenters. The van der Waals surface area contributed by atoms with E-state index in [1.54, 1.807) is 7.05 Å². The lowest BCUT2D eigenvalue weighted by Crippen LogP contribution is -2.05. The van der Waals surface area contributed by atoms with Gasteiger partial charge in [-0.3, -0.25) is 4.99 Å². The highest BCUT2D eigenvalue weighted by Gasteiger charge is 2.11. The topological polar surface area (TPSA) is 12.4 Å². The third-order valence-corrected chi connectivity index (χ3v) is 1.83. The van der Waals surface area contributed by atoms with Crippen molar-refractivity contribution in [3.8, 4) is 0 Å². The number of nitrogens with zero attached hydrogens (tertiary/aromatic N) is 1. The first-order valence-corrected chi connectivity index (χ1v) is 4.24. The summed E-state index contributed by atoms with van der Waals surface area (Å²) in [5, 5.41) is 0. The van der Waals surface area contributed by atoms with Crippen LogP contribution in [0.15, 0.2) is 21.9 Å². The summed E-state index contributed by atoms with van der Waals surface area (Å²) < 4.78 is 0. The van der Waals surface area contributed by atoms with E-state index in [9.17, 15) is 0 Å². The summed E-state index contributed by atoms with van der Waals surface area (Å²) in [5.74, 6) is 0. The van der Waals surface area contributed by atoms with E-state index in [1.165, 1.54) is 5.57 Å². The lowest BCUT2D eigenvalue weighted by atomic mass is 9.88. The van der Waals surface area contributed by atoms with Crippen molar-refractivity contribution in [3.05, 3.63) is 16.9 Å². The Bertz CT molecular complexity index is 232. The second-order valence-corrected chi connectivity index (χ2v) is 4.07. The number of aliphatic imine (C=N–C) groups is 1. The number of hydrogen-bond acceptors (Lipinski definition) is 1. The molecule has 0 spiro atoms. The van der Waals surface area contributed by atoms with Crippen LogP contribution in [0.3, 0.4) is 0 Å². The largest absolute Gasteiger partial charge is 0.296 e. The summed E-state index contributed by atoms with van der Waals surface area (Å²) in [4.78, 5) is 3.93. The van der Waals surface area contributed by atoms with Crippen molar-refractivity contribution in [2.24, 2.45) is 10.4 Å². The Morgan fingerprint density at radius 2 is 1.75 bits per heavy atom. The van der Waals surface area contributed by atoms with Crippen molar-refractivity contribution in [2.45, 2.75) is 34.6 Å². The highest BCUT2D eigenvalue weighted by atomic mass is 14.6. The molecule has 1 nitrogen and oxygen atoms in total. The zero-order chi connectivity index (χ0) is 9.78. The van der Waals surface area contributed by atoms with Gasteiger partial charge in [0.15, 0.2) is 0 Å². The minimum absolute atomic E-state index is 0.211. The van der Waals surface area contributed by atoms with Gasteiger partial charge in [0.2, 0.25) is 0 Å². The molecule has 0 aromatic heterocycles. The molecule has 0 saturated carbocycles. The fraction of sp³-hybridized carbons (Fsp3) is 0.636. The zero-order valence-corrected chi connectivity index (χ0v) is 9.02. The van der Waals surface area contributed by atoms with Gasteiger partial charge in [0, 0.05) is 18.8 Å². The Balaban J connectivity index is 4.87. The van der Waals surface area contributed by atoms with Crippen molar-refractivity contribution < 1.29 is 0 Å². The number of hydrogen-bond donors (Lipinski definition) is 0. The zero-order valence-electron chi connectivity index (χ0n) is 9.02. The van der Waals surface area contributed by atoms with Gasteiger partial charge in [-0.25, -0.2) is 0 Å². The van der Waals surface area contributed by atoms with E-state index >= 15 is 0 Å². The van der Waals surface area contributed by atoms with Crippen LogP contribution >= 0.6 is 0 Å². The highest BCUT2D eigenvalue weighted by molar-refractivity contribution is 5.77. The summed E-state index contributed by atoms with van der Waals surface area (Å²) in [5.41, 5.74) is 5.87. The Morgan fingerprint density at radius 1 is 1.25 bits per heavy atom. The van der Waals surface area contributed by atoms with Crippen molar-refractivity contribution in [1.82, 2.24) is 0 Å². The third-order valence-electron chi connectivity index (χ3n) is 1.83. The summed E-state index contributed by atoms with van der Waals surface area (Å²) in [6.45, 7) is 10.7. The van der Waals surface area contributed by atoms with E-state index in [-0.39, 0.29) is 5.41 Å². The smallest absolute Gasteiger partial charge is 0.0315 e. The molecule has 12 heavy (non-hydrogen) atoms. The normalized spacial score (nSPS) is 11.5. The van der Waals surface area contributed by atoms with Gasteiger partial charge in [-0.15, -0.1) is 5.73 Å². The summed E-state index contributed by atoms with van der Waals surface area (Å²) in [6.07, 6.45) is 1.83. The van der Waals surface area contributed by atoms with Crippen LogP contribution in [0.25, 0.3) is 0 Å². The van der Waals surface area contributed by atoms with E-state index in [0.29, 0.717) is 0 Å². The van der Waals surface area contributed by atoms with Gasteiger partial charge in [0.1, 0.15) is 0 Å². The molecule has 0 atom stereocenters. The third kappa shape index (κ3) is 4.15. The standard InChI is InChI=1S/C11H19N/c1-9(8-12-6)7-10(2)11(3,4)5/h8H,1-6H3. The monoisotopic (exact) mass is 165 g/mol. The van der Waals surface area contributed by atoms with Crippen LogP contribution < -0.4 is 0 Å². The molecule has 0 aliphatic rings. The highest BCUT2D eigenvalue weighted by Crippen LogP contribution is 2.23. The van der Waals surface area contributed by atoms with Gasteiger partial charge in [-0.2, -0.15) is 0 Å². The lowest BCUT2D eigenvalue weighted by Gasteiger charge is -2.16. The Morgan fingerprint density at radius 3 is 2.08 bits per heavy atom. The van der Waals surface area contributed by atoms with Gasteiger partial charge in [-0.05, 0) is 24.8 Å². The average molecular weight is 165 g/mol. The van der Waals surface area contributed by atoms with Crippen LogP contribution in [0.4, 0.5) is 0 Å². The molecule has 0 saturated heterocycles. The molecule has 0 aliphatic heterocycles. The molecule has 0 fully saturated rings. The number of allylic oxidation sites excluding steroid dienone is 1. The Labute approximate surface area is 75.9 Å². The number of rotatable bonds is 1. The molecule has 0 heterocycles. The van der Waals surface area contributed by atoms with Crippen LogP contribution in [0.5, 0.6) is 0 Å². The summed E-state index contributed by atoms with van der Waals surface area (Å²) in [7, 11) is 1.78. The van der Waals surface area contributed by atoms with Crippen LogP contribution in [-0.4, -0.2) is 13.3 Å². The molecule has 68 valence electrons. The van der Waals surface area contributed by atoms with Crippen LogP contribution in [0.1, 0.15) is 34.6 Å². The fourth-order valence-electron chi connectivity index (χ4n) is 0.709. The molecular weight excluding hydrogens is 146 g/mol. The van der Waals surface area contributed by atoms with E-state index in [4.69, 9.17) is 0 Å². The molecule has 0 bridgehead atoms. The Hall–Kier alpha value is -0.810. The van der Waals surface area contributed by atoms with Gasteiger partial charge < -0.3 is 0 Å². The first kappa shape index (κ1) is 11.2. The molecular formula is C11H19N. The molecule has 0 N–H and O–H groups in total. The predicted octanol–water partition coefficient (Wildman–Crippen LogP) is 3.22. The molecule has 0 aromatic carbocycles. The fourth-order valence-corrected chi connectivity index (χ4v) is 0.709. The Kier molecular flexibility index (Phi) is 3.99. The van der Waals surface area contributed by atoms with Gasteiger partial charge >= 0.3 is 0 Å². The van der Waals surface area contributed by atoms with E-state index in [2.05, 4.69) is 38.4 Å². The van der Waals surface area contributed by atoms with Gasteiger partial charge in [0.25, 0.3) is 0 Å². The average Bonchev–Trinajstić information content (AvgIpc) is 1.85. The van der Waals surface area contributed by atoms with Crippen molar-refractivity contribution in [2.75, 3.05) is 7.05 Å². The quantitative estimate of drug-likeness (QED) is 0.418. The van der Waals surface area contributed by atoms with Crippen LogP contribution in [0, 0.1) is 5.41 Å². The van der Waals surface area contributed by atoms with Crippen molar-refractivity contribution in [3.63, 3.8) is 0 Å². The molecule has 0 aliphatic carbocycles. The van der Waals surface area contributed by atoms with Gasteiger partial charge in [-0.1, -0.05) is 20.8 Å². The summed E-state index contributed by atoms with van der Waals surface area (Å²) >= 11 is 0. The first-order valence-electron chi connectivity index (χ1n) is 4.24. The van der Waals surface area contributed by atoms with Crippen molar-refractivity contribution in [1.29, 1.82) is 0 Å². The molecule has 0 radical (unpaired) electrons. The minimum Gasteiger partial charge on any atom is -0.296 e. The second kappa shape index (κ2) is 4.27. The second-order valence-electron chi connectivity index (χ2n) is 4.07. The molecule has 0 amide bonds. The molecule has 0 rings (SSSR count). The van der Waals surface area contributed by atoms with Crippen LogP contribution in [-0.2, 0) is 0 Å². The SMILES string of the molecule is CN=CC(C)=C=C(C)C(C)(C)C. The lowest BCUT2D eigenvalue weighted by molar-refractivity contribution is 0.505. The maximum absolute atomic E-state index is 3.93. The molecule has 1 heteroatoms. The van der Waals surface area contributed by atoms with E-state index in [1.807, 2.05) is 13.1 Å². The maximum Gasteiger partial charge on any atom is 0.0315 e. The maximum atomic E-state index is 3.93. The van der Waals surface area contributed by atoms with E-state index < -0.39 is 0 Å². The van der Waals surface area contributed by atoms with Gasteiger partial charge in [0.05, 0.1) is 0 Å². The first-order chi connectivity index (χ1) is 5.38. The molecule has 0 aromatic rings. The summed E-state index contributed by atoms with van der Waals surface area (Å²) in [6, 6.07) is 0. The predicted molar refractivity (Wildman–Crippen MR) is 55.8 cm³/mol. The van der Waals surface area contributed by atoms with E-state index in [0.717, 1.165) is 5.57 Å². The minimum atomic E-state index is 0.211. The van der Waals surface area contributed by atoms with Crippen molar-refractivity contribution >= 4 is 6.21 Å².